The molecule has 0 aromatic carbocycles. The van der Waals surface area contributed by atoms with Crippen LogP contribution in [-0.4, -0.2) is 34.8 Å². The number of hydrogen-bond acceptors (Lipinski definition) is 2. The standard InChI is InChI=1S/C14H20N2O2/c1-9-13(17)15-12(10-7-8-10)14(18)16(9)11-5-3-2-4-6-11/h2-3,9-12H,4-8H2,1H3,(H,15,17). The Labute approximate surface area is 107 Å². The van der Waals surface area contributed by atoms with Crippen LogP contribution in [0.4, 0.5) is 0 Å². The topological polar surface area (TPSA) is 49.4 Å². The Morgan fingerprint density at radius 2 is 2.00 bits per heavy atom. The van der Waals surface area contributed by atoms with E-state index >= 15 is 0 Å². The Balaban J connectivity index is 1.81. The van der Waals surface area contributed by atoms with Gasteiger partial charge in [0.1, 0.15) is 12.1 Å². The van der Waals surface area contributed by atoms with Crippen LogP contribution in [0.2, 0.25) is 0 Å². The second kappa shape index (κ2) is 4.41. The van der Waals surface area contributed by atoms with E-state index in [0.29, 0.717) is 5.92 Å². The third-order valence-corrected chi connectivity index (χ3v) is 4.34. The Kier molecular flexibility index (Phi) is 2.88. The Morgan fingerprint density at radius 1 is 1.22 bits per heavy atom. The first kappa shape index (κ1) is 11.8. The van der Waals surface area contributed by atoms with Crippen molar-refractivity contribution in [3.05, 3.63) is 12.2 Å². The number of carbonyl (C=O) groups excluding carboxylic acids is 2. The van der Waals surface area contributed by atoms with Gasteiger partial charge in [0.25, 0.3) is 0 Å². The summed E-state index contributed by atoms with van der Waals surface area (Å²) in [6, 6.07) is -0.353. The van der Waals surface area contributed by atoms with Gasteiger partial charge in [-0.15, -0.1) is 0 Å². The lowest BCUT2D eigenvalue weighted by molar-refractivity contribution is -0.152. The van der Waals surface area contributed by atoms with Crippen molar-refractivity contribution >= 4 is 11.8 Å². The van der Waals surface area contributed by atoms with Crippen LogP contribution in [0, 0.1) is 5.92 Å². The molecule has 2 aliphatic carbocycles. The van der Waals surface area contributed by atoms with Gasteiger partial charge in [-0.1, -0.05) is 12.2 Å². The molecule has 0 aromatic heterocycles. The van der Waals surface area contributed by atoms with Crippen molar-refractivity contribution in [2.75, 3.05) is 0 Å². The zero-order valence-corrected chi connectivity index (χ0v) is 10.8. The molecule has 1 N–H and O–H groups in total. The molecule has 2 amide bonds. The zero-order valence-electron chi connectivity index (χ0n) is 10.8. The van der Waals surface area contributed by atoms with Gasteiger partial charge in [0.2, 0.25) is 11.8 Å². The van der Waals surface area contributed by atoms with E-state index in [1.807, 2.05) is 11.8 Å². The molecule has 0 aromatic rings. The summed E-state index contributed by atoms with van der Waals surface area (Å²) in [5, 5.41) is 2.90. The minimum atomic E-state index is -0.316. The summed E-state index contributed by atoms with van der Waals surface area (Å²) in [6.07, 6.45) is 9.32. The van der Waals surface area contributed by atoms with Gasteiger partial charge in [0.05, 0.1) is 0 Å². The summed E-state index contributed by atoms with van der Waals surface area (Å²) in [7, 11) is 0. The Bertz CT molecular complexity index is 401. The third kappa shape index (κ3) is 1.93. The number of amides is 2. The first-order valence-electron chi connectivity index (χ1n) is 6.96. The molecule has 4 heteroatoms. The third-order valence-electron chi connectivity index (χ3n) is 4.34. The lowest BCUT2D eigenvalue weighted by Crippen LogP contribution is -2.65. The van der Waals surface area contributed by atoms with Crippen LogP contribution in [0.3, 0.4) is 0 Å². The van der Waals surface area contributed by atoms with Crippen molar-refractivity contribution in [2.24, 2.45) is 5.92 Å². The fraction of sp³-hybridized carbons (Fsp3) is 0.714. The fourth-order valence-electron chi connectivity index (χ4n) is 3.09. The molecule has 0 bridgehead atoms. The molecule has 18 heavy (non-hydrogen) atoms. The number of nitrogens with one attached hydrogen (secondary N) is 1. The van der Waals surface area contributed by atoms with E-state index < -0.39 is 0 Å². The van der Waals surface area contributed by atoms with E-state index in [9.17, 15) is 9.59 Å². The average molecular weight is 248 g/mol. The predicted octanol–water partition coefficient (Wildman–Crippen LogP) is 1.22. The molecule has 1 heterocycles. The van der Waals surface area contributed by atoms with E-state index in [1.54, 1.807) is 0 Å². The average Bonchev–Trinajstić information content (AvgIpc) is 3.20. The monoisotopic (exact) mass is 248 g/mol. The number of allylic oxidation sites excluding steroid dienone is 1. The van der Waals surface area contributed by atoms with E-state index in [4.69, 9.17) is 0 Å². The van der Waals surface area contributed by atoms with Crippen molar-refractivity contribution in [2.45, 2.75) is 57.2 Å². The Morgan fingerprint density at radius 3 is 2.61 bits per heavy atom. The van der Waals surface area contributed by atoms with Crippen molar-refractivity contribution in [1.82, 2.24) is 10.2 Å². The van der Waals surface area contributed by atoms with E-state index in [-0.39, 0.29) is 29.9 Å². The van der Waals surface area contributed by atoms with Gasteiger partial charge in [-0.25, -0.2) is 0 Å². The van der Waals surface area contributed by atoms with Crippen LogP contribution < -0.4 is 5.32 Å². The summed E-state index contributed by atoms with van der Waals surface area (Å²) in [6.45, 7) is 1.84. The van der Waals surface area contributed by atoms with Gasteiger partial charge in [0.15, 0.2) is 0 Å². The smallest absolute Gasteiger partial charge is 0.246 e. The van der Waals surface area contributed by atoms with E-state index in [2.05, 4.69) is 17.5 Å². The number of carbonyl (C=O) groups is 2. The summed E-state index contributed by atoms with van der Waals surface area (Å²) < 4.78 is 0. The van der Waals surface area contributed by atoms with Gasteiger partial charge in [0, 0.05) is 6.04 Å². The van der Waals surface area contributed by atoms with E-state index in [0.717, 1.165) is 32.1 Å². The van der Waals surface area contributed by atoms with Gasteiger partial charge in [-0.3, -0.25) is 9.59 Å². The first-order chi connectivity index (χ1) is 8.68. The van der Waals surface area contributed by atoms with Gasteiger partial charge in [-0.05, 0) is 44.9 Å². The summed E-state index contributed by atoms with van der Waals surface area (Å²) in [5.74, 6) is 0.543. The normalized spacial score (nSPS) is 36.7. The molecule has 0 spiro atoms. The van der Waals surface area contributed by atoms with Gasteiger partial charge >= 0.3 is 0 Å². The number of rotatable bonds is 2. The van der Waals surface area contributed by atoms with Crippen LogP contribution in [0.1, 0.15) is 39.0 Å². The molecule has 3 atom stereocenters. The maximum atomic E-state index is 12.5. The van der Waals surface area contributed by atoms with E-state index in [1.165, 1.54) is 0 Å². The van der Waals surface area contributed by atoms with Crippen molar-refractivity contribution < 1.29 is 9.59 Å². The van der Waals surface area contributed by atoms with Crippen molar-refractivity contribution in [3.8, 4) is 0 Å². The fourth-order valence-corrected chi connectivity index (χ4v) is 3.09. The molecule has 4 nitrogen and oxygen atoms in total. The Hall–Kier alpha value is -1.32. The molecule has 3 rings (SSSR count). The summed E-state index contributed by atoms with van der Waals surface area (Å²) in [4.78, 5) is 26.4. The van der Waals surface area contributed by atoms with Crippen LogP contribution in [0.25, 0.3) is 0 Å². The van der Waals surface area contributed by atoms with Crippen LogP contribution in [0.5, 0.6) is 0 Å². The van der Waals surface area contributed by atoms with Gasteiger partial charge < -0.3 is 10.2 Å². The molecule has 1 saturated heterocycles. The van der Waals surface area contributed by atoms with Crippen LogP contribution >= 0.6 is 0 Å². The molecular formula is C14H20N2O2. The largest absolute Gasteiger partial charge is 0.342 e. The maximum absolute atomic E-state index is 12.5. The highest BCUT2D eigenvalue weighted by Crippen LogP contribution is 2.36. The number of hydrogen-bond donors (Lipinski definition) is 1. The first-order valence-corrected chi connectivity index (χ1v) is 6.96. The molecule has 3 aliphatic rings. The van der Waals surface area contributed by atoms with Crippen molar-refractivity contribution in [1.29, 1.82) is 0 Å². The van der Waals surface area contributed by atoms with Crippen LogP contribution in [0.15, 0.2) is 12.2 Å². The highest BCUT2D eigenvalue weighted by atomic mass is 16.2. The molecule has 98 valence electrons. The van der Waals surface area contributed by atoms with Gasteiger partial charge in [-0.2, -0.15) is 0 Å². The molecule has 3 unspecified atom stereocenters. The minimum absolute atomic E-state index is 0.0149. The lowest BCUT2D eigenvalue weighted by Gasteiger charge is -2.42. The summed E-state index contributed by atoms with van der Waals surface area (Å²) >= 11 is 0. The maximum Gasteiger partial charge on any atom is 0.246 e. The molecular weight excluding hydrogens is 228 g/mol. The highest BCUT2D eigenvalue weighted by molar-refractivity contribution is 5.97. The summed E-state index contributed by atoms with van der Waals surface area (Å²) in [5.41, 5.74) is 0. The SMILES string of the molecule is CC1C(=O)NC(C2CC2)C(=O)N1C1CC=CCC1. The molecule has 1 aliphatic heterocycles. The predicted molar refractivity (Wildman–Crippen MR) is 67.7 cm³/mol. The second-order valence-corrected chi connectivity index (χ2v) is 5.68. The highest BCUT2D eigenvalue weighted by Gasteiger charge is 2.47. The molecule has 2 fully saturated rings. The number of piperazine rings is 1. The zero-order chi connectivity index (χ0) is 12.7. The molecule has 0 radical (unpaired) electrons. The minimum Gasteiger partial charge on any atom is -0.342 e. The quantitative estimate of drug-likeness (QED) is 0.747. The lowest BCUT2D eigenvalue weighted by atomic mass is 9.95. The van der Waals surface area contributed by atoms with Crippen LogP contribution in [-0.2, 0) is 9.59 Å². The second-order valence-electron chi connectivity index (χ2n) is 5.68. The number of nitrogens with zero attached hydrogens (tertiary/aromatic N) is 1. The molecule has 1 saturated carbocycles. The van der Waals surface area contributed by atoms with Crippen molar-refractivity contribution in [3.63, 3.8) is 0 Å².